The zero-order valence-corrected chi connectivity index (χ0v) is 14.5. The number of methoxy groups -OCH3 is 1. The van der Waals surface area contributed by atoms with Gasteiger partial charge in [0.15, 0.2) is 0 Å². The Kier molecular flexibility index (Phi) is 7.94. The van der Waals surface area contributed by atoms with Gasteiger partial charge in [-0.25, -0.2) is 4.79 Å². The average Bonchev–Trinajstić information content (AvgIpc) is 2.41. The van der Waals surface area contributed by atoms with E-state index in [1.54, 1.807) is 14.0 Å². The van der Waals surface area contributed by atoms with Crippen LogP contribution in [0.25, 0.3) is 0 Å². The molecule has 0 spiro atoms. The lowest BCUT2D eigenvalue weighted by molar-refractivity contribution is -0.148. The van der Waals surface area contributed by atoms with Crippen LogP contribution >= 0.6 is 31.9 Å². The van der Waals surface area contributed by atoms with Gasteiger partial charge in [-0.2, -0.15) is 0 Å². The first-order valence-corrected chi connectivity index (χ1v) is 7.67. The van der Waals surface area contributed by atoms with Crippen LogP contribution in [0.5, 0.6) is 5.75 Å². The summed E-state index contributed by atoms with van der Waals surface area (Å²) in [4.78, 5) is 11.1. The molecule has 0 amide bonds. The summed E-state index contributed by atoms with van der Waals surface area (Å²) in [7, 11) is 1.61. The predicted octanol–water partition coefficient (Wildman–Crippen LogP) is 3.21. The second-order valence-corrected chi connectivity index (χ2v) is 5.46. The second-order valence-electron chi connectivity index (χ2n) is 3.75. The van der Waals surface area contributed by atoms with E-state index >= 15 is 0 Å². The van der Waals surface area contributed by atoms with E-state index in [9.17, 15) is 4.79 Å². The highest BCUT2D eigenvalue weighted by Crippen LogP contribution is 2.34. The molecule has 1 aromatic rings. The second kappa shape index (κ2) is 9.20. The van der Waals surface area contributed by atoms with E-state index in [2.05, 4.69) is 37.2 Å². The molecule has 0 aliphatic carbocycles. The maximum Gasteiger partial charge on any atom is 0.332 e. The molecule has 1 aromatic carbocycles. The Morgan fingerprint density at radius 1 is 1.30 bits per heavy atom. The summed E-state index contributed by atoms with van der Waals surface area (Å²) in [5.74, 6) is 0.391. The zero-order valence-electron chi connectivity index (χ0n) is 11.4. The normalized spacial score (nSPS) is 10.2. The summed E-state index contributed by atoms with van der Waals surface area (Å²) in [6.45, 7) is 3.08. The molecule has 112 valence electrons. The topological polar surface area (TPSA) is 56.8 Å². The first-order valence-electron chi connectivity index (χ1n) is 6.08. The van der Waals surface area contributed by atoms with E-state index in [0.717, 1.165) is 20.4 Å². The summed E-state index contributed by atoms with van der Waals surface area (Å²) in [6, 6.07) is 3.78. The number of hydrogen-bond donors (Lipinski definition) is 1. The molecule has 1 rings (SSSR count). The summed E-state index contributed by atoms with van der Waals surface area (Å²) in [5, 5.41) is 3.20. The Bertz CT molecular complexity index is 454. The van der Waals surface area contributed by atoms with Crippen LogP contribution in [-0.2, 0) is 14.3 Å². The maximum atomic E-state index is 11.1. The molecule has 0 aliphatic heterocycles. The van der Waals surface area contributed by atoms with Crippen LogP contribution in [0, 0.1) is 0 Å². The molecule has 0 atom stereocenters. The van der Waals surface area contributed by atoms with Gasteiger partial charge < -0.3 is 19.5 Å². The molecule has 0 aromatic heterocycles. The fraction of sp³-hybridized carbons (Fsp3) is 0.462. The van der Waals surface area contributed by atoms with Crippen molar-refractivity contribution in [2.75, 3.05) is 38.8 Å². The molecule has 0 saturated heterocycles. The number of carbonyl (C=O) groups excluding carboxylic acids is 1. The molecule has 0 aliphatic rings. The molecular formula is C13H17Br2NO4. The van der Waals surface area contributed by atoms with Gasteiger partial charge in [0.25, 0.3) is 0 Å². The molecule has 20 heavy (non-hydrogen) atoms. The first-order chi connectivity index (χ1) is 9.58. The SMILES string of the molecule is CCOC(=O)COCCNc1cc(OC)c(Br)cc1Br. The van der Waals surface area contributed by atoms with Gasteiger partial charge in [0.2, 0.25) is 0 Å². The Morgan fingerprint density at radius 3 is 2.70 bits per heavy atom. The third-order valence-electron chi connectivity index (χ3n) is 2.33. The molecule has 0 saturated carbocycles. The van der Waals surface area contributed by atoms with E-state index in [4.69, 9.17) is 14.2 Å². The standard InChI is InChI=1S/C13H17Br2NO4/c1-3-20-13(17)8-19-5-4-16-11-7-12(18-2)10(15)6-9(11)14/h6-7,16H,3-5,8H2,1-2H3. The molecule has 0 unspecified atom stereocenters. The molecular weight excluding hydrogens is 394 g/mol. The average molecular weight is 411 g/mol. The van der Waals surface area contributed by atoms with Crippen LogP contribution in [0.3, 0.4) is 0 Å². The lowest BCUT2D eigenvalue weighted by Gasteiger charge is -2.12. The summed E-state index contributed by atoms with van der Waals surface area (Å²) in [6.07, 6.45) is 0. The van der Waals surface area contributed by atoms with Crippen molar-refractivity contribution in [2.24, 2.45) is 0 Å². The van der Waals surface area contributed by atoms with Crippen LogP contribution in [-0.4, -0.2) is 39.4 Å². The van der Waals surface area contributed by atoms with Crippen molar-refractivity contribution < 1.29 is 19.0 Å². The number of nitrogens with one attached hydrogen (secondary N) is 1. The van der Waals surface area contributed by atoms with Crippen molar-refractivity contribution in [3.05, 3.63) is 21.1 Å². The van der Waals surface area contributed by atoms with E-state index in [0.29, 0.717) is 19.8 Å². The minimum atomic E-state index is -0.348. The number of halogens is 2. The Labute approximate surface area is 135 Å². The van der Waals surface area contributed by atoms with E-state index in [-0.39, 0.29) is 12.6 Å². The van der Waals surface area contributed by atoms with Crippen molar-refractivity contribution in [3.8, 4) is 5.75 Å². The van der Waals surface area contributed by atoms with Gasteiger partial charge in [-0.05, 0) is 44.8 Å². The number of benzene rings is 1. The van der Waals surface area contributed by atoms with Gasteiger partial charge in [0, 0.05) is 17.1 Å². The first kappa shape index (κ1) is 17.3. The molecule has 0 fully saturated rings. The summed E-state index contributed by atoms with van der Waals surface area (Å²) >= 11 is 6.87. The quantitative estimate of drug-likeness (QED) is 0.526. The minimum Gasteiger partial charge on any atom is -0.495 e. The number of anilines is 1. The van der Waals surface area contributed by atoms with Crippen molar-refractivity contribution in [3.63, 3.8) is 0 Å². The van der Waals surface area contributed by atoms with Crippen LogP contribution in [0.2, 0.25) is 0 Å². The third kappa shape index (κ3) is 5.68. The fourth-order valence-electron chi connectivity index (χ4n) is 1.44. The Morgan fingerprint density at radius 2 is 2.05 bits per heavy atom. The van der Waals surface area contributed by atoms with Crippen LogP contribution in [0.4, 0.5) is 5.69 Å². The highest BCUT2D eigenvalue weighted by Gasteiger charge is 2.07. The van der Waals surface area contributed by atoms with Gasteiger partial charge >= 0.3 is 5.97 Å². The molecule has 0 heterocycles. The molecule has 0 bridgehead atoms. The molecule has 0 radical (unpaired) electrons. The Balaban J connectivity index is 2.37. The maximum absolute atomic E-state index is 11.1. The van der Waals surface area contributed by atoms with Crippen molar-refractivity contribution in [1.82, 2.24) is 0 Å². The van der Waals surface area contributed by atoms with Gasteiger partial charge in [-0.3, -0.25) is 0 Å². The van der Waals surface area contributed by atoms with Gasteiger partial charge in [0.1, 0.15) is 12.4 Å². The van der Waals surface area contributed by atoms with Gasteiger partial charge in [-0.15, -0.1) is 0 Å². The number of ether oxygens (including phenoxy) is 3. The number of hydrogen-bond acceptors (Lipinski definition) is 5. The van der Waals surface area contributed by atoms with Crippen molar-refractivity contribution in [2.45, 2.75) is 6.92 Å². The van der Waals surface area contributed by atoms with Gasteiger partial charge in [-0.1, -0.05) is 0 Å². The molecule has 7 heteroatoms. The van der Waals surface area contributed by atoms with E-state index in [1.807, 2.05) is 12.1 Å². The summed E-state index contributed by atoms with van der Waals surface area (Å²) < 4.78 is 17.0. The predicted molar refractivity (Wildman–Crippen MR) is 84.3 cm³/mol. The van der Waals surface area contributed by atoms with Crippen LogP contribution in [0.1, 0.15) is 6.92 Å². The van der Waals surface area contributed by atoms with Crippen molar-refractivity contribution in [1.29, 1.82) is 0 Å². The third-order valence-corrected chi connectivity index (χ3v) is 3.60. The molecule has 1 N–H and O–H groups in total. The monoisotopic (exact) mass is 409 g/mol. The van der Waals surface area contributed by atoms with Gasteiger partial charge in [0.05, 0.1) is 30.5 Å². The fourth-order valence-corrected chi connectivity index (χ4v) is 2.73. The number of carbonyl (C=O) groups is 1. The number of rotatable bonds is 8. The van der Waals surface area contributed by atoms with Crippen LogP contribution < -0.4 is 10.1 Å². The van der Waals surface area contributed by atoms with E-state index in [1.165, 1.54) is 0 Å². The highest BCUT2D eigenvalue weighted by atomic mass is 79.9. The lowest BCUT2D eigenvalue weighted by atomic mass is 10.3. The zero-order chi connectivity index (χ0) is 15.0. The molecule has 5 nitrogen and oxygen atoms in total. The summed E-state index contributed by atoms with van der Waals surface area (Å²) in [5.41, 5.74) is 0.893. The smallest absolute Gasteiger partial charge is 0.332 e. The number of esters is 1. The van der Waals surface area contributed by atoms with E-state index < -0.39 is 0 Å². The Hall–Kier alpha value is -0.790. The van der Waals surface area contributed by atoms with Crippen molar-refractivity contribution >= 4 is 43.5 Å². The lowest BCUT2D eigenvalue weighted by Crippen LogP contribution is -2.16. The minimum absolute atomic E-state index is 0.0274. The highest BCUT2D eigenvalue weighted by molar-refractivity contribution is 9.11. The van der Waals surface area contributed by atoms with Crippen LogP contribution in [0.15, 0.2) is 21.1 Å². The largest absolute Gasteiger partial charge is 0.495 e.